The lowest BCUT2D eigenvalue weighted by molar-refractivity contribution is -0.139. The van der Waals surface area contributed by atoms with Gasteiger partial charge in [-0.1, -0.05) is 13.8 Å². The SMILES string of the molecule is Cc1cc(C(C)NC(=O)NC(CC(C)C)C(=O)O)c(C)s1. The van der Waals surface area contributed by atoms with Gasteiger partial charge in [0.2, 0.25) is 0 Å². The maximum atomic E-state index is 12.0. The quantitative estimate of drug-likeness (QED) is 0.754. The predicted octanol–water partition coefficient (Wildman–Crippen LogP) is 3.22. The molecule has 0 bridgehead atoms. The average Bonchev–Trinajstić information content (AvgIpc) is 2.66. The number of carbonyl (C=O) groups is 2. The normalized spacial score (nSPS) is 13.8. The van der Waals surface area contributed by atoms with E-state index >= 15 is 0 Å². The molecule has 0 aliphatic rings. The van der Waals surface area contributed by atoms with Gasteiger partial charge in [0.05, 0.1) is 6.04 Å². The van der Waals surface area contributed by atoms with Crippen molar-refractivity contribution in [1.29, 1.82) is 0 Å². The Bertz CT molecular complexity index is 511. The van der Waals surface area contributed by atoms with E-state index in [4.69, 9.17) is 5.11 Å². The molecule has 1 heterocycles. The van der Waals surface area contributed by atoms with Crippen LogP contribution in [0.25, 0.3) is 0 Å². The number of aliphatic carboxylic acids is 1. The van der Waals surface area contributed by atoms with Crippen molar-refractivity contribution >= 4 is 23.3 Å². The van der Waals surface area contributed by atoms with Crippen LogP contribution in [0, 0.1) is 19.8 Å². The highest BCUT2D eigenvalue weighted by Gasteiger charge is 2.22. The van der Waals surface area contributed by atoms with Crippen molar-refractivity contribution in [2.45, 2.75) is 53.1 Å². The lowest BCUT2D eigenvalue weighted by atomic mass is 10.0. The lowest BCUT2D eigenvalue weighted by Crippen LogP contribution is -2.47. The van der Waals surface area contributed by atoms with Crippen LogP contribution in [-0.4, -0.2) is 23.1 Å². The van der Waals surface area contributed by atoms with E-state index in [0.717, 1.165) is 10.4 Å². The fourth-order valence-electron chi connectivity index (χ4n) is 2.25. The van der Waals surface area contributed by atoms with E-state index in [0.29, 0.717) is 6.42 Å². The van der Waals surface area contributed by atoms with Crippen LogP contribution in [0.2, 0.25) is 0 Å². The Kier molecular flexibility index (Phi) is 6.20. The van der Waals surface area contributed by atoms with Crippen molar-refractivity contribution in [3.63, 3.8) is 0 Å². The largest absolute Gasteiger partial charge is 0.480 e. The number of rotatable bonds is 6. The minimum atomic E-state index is -1.01. The first-order valence-corrected chi connectivity index (χ1v) is 7.89. The van der Waals surface area contributed by atoms with Crippen molar-refractivity contribution in [1.82, 2.24) is 10.6 Å². The zero-order valence-electron chi connectivity index (χ0n) is 13.2. The van der Waals surface area contributed by atoms with Crippen LogP contribution in [0.1, 0.15) is 48.6 Å². The Morgan fingerprint density at radius 3 is 2.29 bits per heavy atom. The summed E-state index contributed by atoms with van der Waals surface area (Å²) in [6.45, 7) is 9.79. The van der Waals surface area contributed by atoms with Crippen LogP contribution in [0.3, 0.4) is 0 Å². The number of aryl methyl sites for hydroxylation is 2. The maximum Gasteiger partial charge on any atom is 0.326 e. The van der Waals surface area contributed by atoms with Crippen molar-refractivity contribution in [3.8, 4) is 0 Å². The third-order valence-corrected chi connectivity index (χ3v) is 4.19. The fourth-order valence-corrected chi connectivity index (χ4v) is 3.27. The van der Waals surface area contributed by atoms with Gasteiger partial charge in [-0.05, 0) is 44.7 Å². The van der Waals surface area contributed by atoms with Gasteiger partial charge in [0.1, 0.15) is 6.04 Å². The van der Waals surface area contributed by atoms with Gasteiger partial charge >= 0.3 is 12.0 Å². The molecule has 21 heavy (non-hydrogen) atoms. The highest BCUT2D eigenvalue weighted by atomic mass is 32.1. The summed E-state index contributed by atoms with van der Waals surface area (Å²) in [6, 6.07) is 0.595. The zero-order valence-corrected chi connectivity index (χ0v) is 14.0. The molecule has 6 heteroatoms. The molecule has 0 radical (unpaired) electrons. The van der Waals surface area contributed by atoms with Gasteiger partial charge in [-0.2, -0.15) is 0 Å². The second-order valence-corrected chi connectivity index (χ2v) is 7.19. The molecule has 5 nitrogen and oxygen atoms in total. The molecule has 1 rings (SSSR count). The zero-order chi connectivity index (χ0) is 16.2. The number of carboxylic acid groups (broad SMARTS) is 1. The number of thiophene rings is 1. The maximum absolute atomic E-state index is 12.0. The average molecular weight is 312 g/mol. The second-order valence-electron chi connectivity index (χ2n) is 5.73. The van der Waals surface area contributed by atoms with Gasteiger partial charge in [0.15, 0.2) is 0 Å². The summed E-state index contributed by atoms with van der Waals surface area (Å²) in [7, 11) is 0. The van der Waals surface area contributed by atoms with Crippen LogP contribution < -0.4 is 10.6 Å². The molecule has 118 valence electrons. The molecule has 3 N–H and O–H groups in total. The molecule has 1 aromatic heterocycles. The van der Waals surface area contributed by atoms with Crippen LogP contribution in [-0.2, 0) is 4.79 Å². The Morgan fingerprint density at radius 2 is 1.86 bits per heavy atom. The Labute approximate surface area is 129 Å². The highest BCUT2D eigenvalue weighted by molar-refractivity contribution is 7.12. The van der Waals surface area contributed by atoms with E-state index in [1.807, 2.05) is 40.7 Å². The van der Waals surface area contributed by atoms with E-state index in [2.05, 4.69) is 10.6 Å². The molecule has 2 unspecified atom stereocenters. The summed E-state index contributed by atoms with van der Waals surface area (Å²) < 4.78 is 0. The molecule has 0 aliphatic heterocycles. The molecule has 0 saturated heterocycles. The van der Waals surface area contributed by atoms with Gasteiger partial charge < -0.3 is 15.7 Å². The number of carboxylic acids is 1. The summed E-state index contributed by atoms with van der Waals surface area (Å²) in [6.07, 6.45) is 0.410. The summed E-state index contributed by atoms with van der Waals surface area (Å²) in [5.41, 5.74) is 1.07. The third kappa shape index (κ3) is 5.38. The standard InChI is InChI=1S/C15H24N2O3S/c1-8(2)6-13(14(18)19)17-15(20)16-10(4)12-7-9(3)21-11(12)5/h7-8,10,13H,6H2,1-5H3,(H,18,19)(H2,16,17,20). The third-order valence-electron chi connectivity index (χ3n) is 3.20. The predicted molar refractivity (Wildman–Crippen MR) is 84.8 cm³/mol. The number of amides is 2. The van der Waals surface area contributed by atoms with Crippen molar-refractivity contribution < 1.29 is 14.7 Å². The summed E-state index contributed by atoms with van der Waals surface area (Å²) >= 11 is 1.69. The first kappa shape index (κ1) is 17.5. The monoisotopic (exact) mass is 312 g/mol. The van der Waals surface area contributed by atoms with Crippen LogP contribution in [0.4, 0.5) is 4.79 Å². The van der Waals surface area contributed by atoms with Gasteiger partial charge in [-0.3, -0.25) is 0 Å². The smallest absolute Gasteiger partial charge is 0.326 e. The van der Waals surface area contributed by atoms with Crippen LogP contribution in [0.15, 0.2) is 6.07 Å². The van der Waals surface area contributed by atoms with Gasteiger partial charge in [-0.25, -0.2) is 9.59 Å². The molecule has 0 fully saturated rings. The minimum absolute atomic E-state index is 0.150. The van der Waals surface area contributed by atoms with Gasteiger partial charge in [0, 0.05) is 9.75 Å². The number of urea groups is 1. The molecule has 2 amide bonds. The van der Waals surface area contributed by atoms with Crippen LogP contribution >= 0.6 is 11.3 Å². The Balaban J connectivity index is 2.63. The molecular weight excluding hydrogens is 288 g/mol. The summed E-state index contributed by atoms with van der Waals surface area (Å²) in [5, 5.41) is 14.5. The molecule has 2 atom stereocenters. The van der Waals surface area contributed by atoms with Crippen molar-refractivity contribution in [2.24, 2.45) is 5.92 Å². The summed E-state index contributed by atoms with van der Waals surface area (Å²) in [4.78, 5) is 25.5. The summed E-state index contributed by atoms with van der Waals surface area (Å²) in [5.74, 6) is -0.806. The van der Waals surface area contributed by atoms with E-state index in [9.17, 15) is 9.59 Å². The number of nitrogens with one attached hydrogen (secondary N) is 2. The highest BCUT2D eigenvalue weighted by Crippen LogP contribution is 2.25. The van der Waals surface area contributed by atoms with Gasteiger partial charge in [-0.15, -0.1) is 11.3 Å². The van der Waals surface area contributed by atoms with E-state index in [-0.39, 0.29) is 12.0 Å². The minimum Gasteiger partial charge on any atom is -0.480 e. The number of carbonyl (C=O) groups excluding carboxylic acids is 1. The topological polar surface area (TPSA) is 78.4 Å². The Morgan fingerprint density at radius 1 is 1.24 bits per heavy atom. The van der Waals surface area contributed by atoms with E-state index in [1.54, 1.807) is 11.3 Å². The Hall–Kier alpha value is -1.56. The molecule has 0 saturated carbocycles. The van der Waals surface area contributed by atoms with Crippen molar-refractivity contribution in [3.05, 3.63) is 21.4 Å². The van der Waals surface area contributed by atoms with E-state index in [1.165, 1.54) is 4.88 Å². The van der Waals surface area contributed by atoms with Crippen molar-refractivity contribution in [2.75, 3.05) is 0 Å². The molecule has 0 aromatic carbocycles. The number of hydrogen-bond acceptors (Lipinski definition) is 3. The first-order valence-electron chi connectivity index (χ1n) is 7.07. The lowest BCUT2D eigenvalue weighted by Gasteiger charge is -2.19. The number of hydrogen-bond donors (Lipinski definition) is 3. The molecule has 0 spiro atoms. The molecular formula is C15H24N2O3S. The molecule has 0 aliphatic carbocycles. The first-order chi connectivity index (χ1) is 9.70. The molecule has 1 aromatic rings. The van der Waals surface area contributed by atoms with Gasteiger partial charge in [0.25, 0.3) is 0 Å². The van der Waals surface area contributed by atoms with Crippen LogP contribution in [0.5, 0.6) is 0 Å². The van der Waals surface area contributed by atoms with E-state index < -0.39 is 18.0 Å². The fraction of sp³-hybridized carbons (Fsp3) is 0.600. The second kappa shape index (κ2) is 7.45.